The predicted octanol–water partition coefficient (Wildman–Crippen LogP) is -0.492. The lowest BCUT2D eigenvalue weighted by molar-refractivity contribution is -0.137. The van der Waals surface area contributed by atoms with Crippen LogP contribution in [0.5, 0.6) is 0 Å². The molecule has 0 radical (unpaired) electrons. The average Bonchev–Trinajstić information content (AvgIpc) is 2.14. The topological polar surface area (TPSA) is 52.3 Å². The Morgan fingerprint density at radius 3 is 2.88 bits per heavy atom. The van der Waals surface area contributed by atoms with Crippen molar-refractivity contribution >= 4 is 5.97 Å². The number of esters is 1. The van der Waals surface area contributed by atoms with Gasteiger partial charge in [0, 0.05) is 5.92 Å². The SMILES string of the molecule is NCC1COC(=O)C1. The molecule has 0 amide bonds. The summed E-state index contributed by atoms with van der Waals surface area (Å²) in [4.78, 5) is 10.3. The normalized spacial score (nSPS) is 28.1. The molecule has 0 aromatic heterocycles. The summed E-state index contributed by atoms with van der Waals surface area (Å²) < 4.78 is 4.64. The molecule has 0 spiro atoms. The van der Waals surface area contributed by atoms with Crippen LogP contribution in [0.25, 0.3) is 0 Å². The molecule has 0 bridgehead atoms. The summed E-state index contributed by atoms with van der Waals surface area (Å²) in [6.45, 7) is 1.08. The lowest BCUT2D eigenvalue weighted by Gasteiger charge is -1.95. The minimum atomic E-state index is -0.111. The molecule has 3 heteroatoms. The second kappa shape index (κ2) is 2.13. The van der Waals surface area contributed by atoms with Gasteiger partial charge in [0.05, 0.1) is 13.0 Å². The Balaban J connectivity index is 2.32. The molecule has 1 atom stereocenters. The van der Waals surface area contributed by atoms with E-state index in [0.717, 1.165) is 0 Å². The van der Waals surface area contributed by atoms with Crippen molar-refractivity contribution in [2.24, 2.45) is 11.7 Å². The van der Waals surface area contributed by atoms with Gasteiger partial charge in [0.15, 0.2) is 0 Å². The fourth-order valence-electron chi connectivity index (χ4n) is 0.716. The second-order valence-corrected chi connectivity index (χ2v) is 1.99. The highest BCUT2D eigenvalue weighted by Gasteiger charge is 2.21. The van der Waals surface area contributed by atoms with E-state index in [1.54, 1.807) is 0 Å². The van der Waals surface area contributed by atoms with Gasteiger partial charge in [-0.05, 0) is 6.54 Å². The summed E-state index contributed by atoms with van der Waals surface area (Å²) in [6.07, 6.45) is 0.510. The van der Waals surface area contributed by atoms with Crippen molar-refractivity contribution in [2.75, 3.05) is 13.2 Å². The predicted molar refractivity (Wildman–Crippen MR) is 28.1 cm³/mol. The van der Waals surface area contributed by atoms with Crippen LogP contribution in [0, 0.1) is 5.92 Å². The number of nitrogens with two attached hydrogens (primary N) is 1. The second-order valence-electron chi connectivity index (χ2n) is 1.99. The van der Waals surface area contributed by atoms with Crippen LogP contribution in [-0.2, 0) is 9.53 Å². The van der Waals surface area contributed by atoms with Crippen LogP contribution < -0.4 is 5.73 Å². The highest BCUT2D eigenvalue weighted by Crippen LogP contribution is 2.10. The molecule has 3 nitrogen and oxygen atoms in total. The van der Waals surface area contributed by atoms with Crippen LogP contribution in [0.15, 0.2) is 0 Å². The largest absolute Gasteiger partial charge is 0.465 e. The Hall–Kier alpha value is -0.570. The van der Waals surface area contributed by atoms with E-state index in [1.165, 1.54) is 0 Å². The number of rotatable bonds is 1. The van der Waals surface area contributed by atoms with Gasteiger partial charge < -0.3 is 10.5 Å². The zero-order chi connectivity index (χ0) is 5.98. The smallest absolute Gasteiger partial charge is 0.306 e. The average molecular weight is 115 g/mol. The van der Waals surface area contributed by atoms with Crippen molar-refractivity contribution in [3.63, 3.8) is 0 Å². The van der Waals surface area contributed by atoms with Crippen molar-refractivity contribution in [1.29, 1.82) is 0 Å². The molecular formula is C5H9NO2. The quantitative estimate of drug-likeness (QED) is 0.469. The molecule has 0 aromatic rings. The van der Waals surface area contributed by atoms with Crippen molar-refractivity contribution in [3.8, 4) is 0 Å². The summed E-state index contributed by atoms with van der Waals surface area (Å²) in [7, 11) is 0. The van der Waals surface area contributed by atoms with Crippen molar-refractivity contribution < 1.29 is 9.53 Å². The maximum atomic E-state index is 10.3. The van der Waals surface area contributed by atoms with Crippen LogP contribution in [0.1, 0.15) is 6.42 Å². The zero-order valence-electron chi connectivity index (χ0n) is 4.59. The molecule has 2 N–H and O–H groups in total. The van der Waals surface area contributed by atoms with Gasteiger partial charge in [-0.15, -0.1) is 0 Å². The van der Waals surface area contributed by atoms with E-state index in [4.69, 9.17) is 5.73 Å². The van der Waals surface area contributed by atoms with Crippen LogP contribution in [-0.4, -0.2) is 19.1 Å². The lowest BCUT2D eigenvalue weighted by atomic mass is 10.1. The fourth-order valence-corrected chi connectivity index (χ4v) is 0.716. The van der Waals surface area contributed by atoms with Gasteiger partial charge in [-0.1, -0.05) is 0 Å². The third-order valence-corrected chi connectivity index (χ3v) is 1.27. The van der Waals surface area contributed by atoms with Crippen LogP contribution in [0.3, 0.4) is 0 Å². The van der Waals surface area contributed by atoms with Crippen molar-refractivity contribution in [3.05, 3.63) is 0 Å². The molecule has 1 unspecified atom stereocenters. The van der Waals surface area contributed by atoms with Crippen LogP contribution in [0.4, 0.5) is 0 Å². The zero-order valence-corrected chi connectivity index (χ0v) is 4.59. The molecule has 1 aliphatic rings. The molecule has 1 fully saturated rings. The van der Waals surface area contributed by atoms with Gasteiger partial charge in [0.1, 0.15) is 0 Å². The third-order valence-electron chi connectivity index (χ3n) is 1.27. The lowest BCUT2D eigenvalue weighted by Crippen LogP contribution is -2.13. The fraction of sp³-hybridized carbons (Fsp3) is 0.800. The number of ether oxygens (including phenoxy) is 1. The molecule has 1 saturated heterocycles. The highest BCUT2D eigenvalue weighted by atomic mass is 16.5. The standard InChI is InChI=1S/C5H9NO2/c6-2-4-1-5(7)8-3-4/h4H,1-3,6H2. The summed E-state index contributed by atoms with van der Waals surface area (Å²) in [5, 5.41) is 0. The summed E-state index contributed by atoms with van der Waals surface area (Å²) in [5.74, 6) is 0.169. The van der Waals surface area contributed by atoms with E-state index in [2.05, 4.69) is 4.74 Å². The van der Waals surface area contributed by atoms with Gasteiger partial charge in [0.25, 0.3) is 0 Å². The first-order valence-electron chi connectivity index (χ1n) is 2.68. The molecule has 0 aromatic carbocycles. The molecule has 0 aliphatic carbocycles. The number of hydrogen-bond donors (Lipinski definition) is 1. The van der Waals surface area contributed by atoms with Gasteiger partial charge in [0.2, 0.25) is 0 Å². The Labute approximate surface area is 47.8 Å². The monoisotopic (exact) mass is 115 g/mol. The summed E-state index contributed by atoms with van der Waals surface area (Å²) in [5.41, 5.74) is 5.26. The first-order chi connectivity index (χ1) is 3.83. The Bertz CT molecular complexity index is 103. The van der Waals surface area contributed by atoms with E-state index < -0.39 is 0 Å². The molecule has 0 saturated carbocycles. The molecule has 8 heavy (non-hydrogen) atoms. The van der Waals surface area contributed by atoms with E-state index in [0.29, 0.717) is 19.6 Å². The van der Waals surface area contributed by atoms with Crippen LogP contribution in [0.2, 0.25) is 0 Å². The van der Waals surface area contributed by atoms with Crippen LogP contribution >= 0.6 is 0 Å². The van der Waals surface area contributed by atoms with Gasteiger partial charge in [-0.3, -0.25) is 4.79 Å². The molecule has 1 aliphatic heterocycles. The number of carbonyl (C=O) groups excluding carboxylic acids is 1. The van der Waals surface area contributed by atoms with Crippen molar-refractivity contribution in [1.82, 2.24) is 0 Å². The minimum absolute atomic E-state index is 0.111. The molecule has 1 rings (SSSR count). The number of cyclic esters (lactones) is 1. The van der Waals surface area contributed by atoms with Gasteiger partial charge >= 0.3 is 5.97 Å². The van der Waals surface area contributed by atoms with E-state index >= 15 is 0 Å². The molecule has 1 heterocycles. The summed E-state index contributed by atoms with van der Waals surface area (Å²) >= 11 is 0. The third kappa shape index (κ3) is 0.980. The Kier molecular flexibility index (Phi) is 1.48. The van der Waals surface area contributed by atoms with E-state index in [-0.39, 0.29) is 11.9 Å². The molecule has 46 valence electrons. The maximum Gasteiger partial charge on any atom is 0.306 e. The number of hydrogen-bond acceptors (Lipinski definition) is 3. The van der Waals surface area contributed by atoms with Crippen molar-refractivity contribution in [2.45, 2.75) is 6.42 Å². The minimum Gasteiger partial charge on any atom is -0.465 e. The van der Waals surface area contributed by atoms with E-state index in [1.807, 2.05) is 0 Å². The van der Waals surface area contributed by atoms with Gasteiger partial charge in [-0.2, -0.15) is 0 Å². The first-order valence-corrected chi connectivity index (χ1v) is 2.68. The Morgan fingerprint density at radius 1 is 1.88 bits per heavy atom. The maximum absolute atomic E-state index is 10.3. The molecular weight excluding hydrogens is 106 g/mol. The first kappa shape index (κ1) is 5.56. The van der Waals surface area contributed by atoms with E-state index in [9.17, 15) is 4.79 Å². The Morgan fingerprint density at radius 2 is 2.62 bits per heavy atom. The number of carbonyl (C=O) groups is 1. The summed E-state index contributed by atoms with van der Waals surface area (Å²) in [6, 6.07) is 0. The van der Waals surface area contributed by atoms with Gasteiger partial charge in [-0.25, -0.2) is 0 Å². The highest BCUT2D eigenvalue weighted by molar-refractivity contribution is 5.71.